The third-order valence-corrected chi connectivity index (χ3v) is 5.15. The van der Waals surface area contributed by atoms with Crippen LogP contribution >= 0.6 is 11.6 Å². The minimum atomic E-state index is -0.232. The summed E-state index contributed by atoms with van der Waals surface area (Å²) in [6, 6.07) is 1.84. The zero-order valence-corrected chi connectivity index (χ0v) is 13.7. The fourth-order valence-corrected chi connectivity index (χ4v) is 3.85. The number of pyridine rings is 1. The van der Waals surface area contributed by atoms with Crippen molar-refractivity contribution >= 4 is 23.4 Å². The first-order valence-corrected chi connectivity index (χ1v) is 8.39. The van der Waals surface area contributed by atoms with Crippen LogP contribution in [0.5, 0.6) is 0 Å². The molecular formula is C16H21ClN4O2. The Labute approximate surface area is 140 Å². The number of hydrogen-bond donors (Lipinski definition) is 1. The van der Waals surface area contributed by atoms with E-state index in [1.807, 2.05) is 4.90 Å². The highest BCUT2D eigenvalue weighted by Crippen LogP contribution is 2.27. The zero-order valence-electron chi connectivity index (χ0n) is 12.9. The minimum Gasteiger partial charge on any atom is -0.368 e. The number of carbonyl (C=O) groups excluding carboxylic acids is 2. The predicted octanol–water partition coefficient (Wildman–Crippen LogP) is 1.29. The largest absolute Gasteiger partial charge is 0.368 e. The summed E-state index contributed by atoms with van der Waals surface area (Å²) in [4.78, 5) is 32.1. The third kappa shape index (κ3) is 3.33. The number of aromatic nitrogens is 1. The summed E-state index contributed by atoms with van der Waals surface area (Å²) in [6.45, 7) is 2.26. The topological polar surface area (TPSA) is 79.5 Å². The van der Waals surface area contributed by atoms with Gasteiger partial charge in [-0.3, -0.25) is 19.5 Å². The van der Waals surface area contributed by atoms with E-state index < -0.39 is 0 Å². The molecule has 3 rings (SSSR count). The van der Waals surface area contributed by atoms with Gasteiger partial charge in [0.1, 0.15) is 0 Å². The normalized spacial score (nSPS) is 23.2. The summed E-state index contributed by atoms with van der Waals surface area (Å²) < 4.78 is 0. The molecule has 6 nitrogen and oxygen atoms in total. The van der Waals surface area contributed by atoms with Gasteiger partial charge in [-0.2, -0.15) is 0 Å². The van der Waals surface area contributed by atoms with Gasteiger partial charge < -0.3 is 10.6 Å². The summed E-state index contributed by atoms with van der Waals surface area (Å²) in [6.07, 6.45) is 6.65. The summed E-state index contributed by atoms with van der Waals surface area (Å²) in [5.41, 5.74) is 5.99. The van der Waals surface area contributed by atoms with E-state index in [4.69, 9.17) is 17.3 Å². The molecule has 3 heterocycles. The number of primary amides is 1. The lowest BCUT2D eigenvalue weighted by molar-refractivity contribution is -0.123. The lowest BCUT2D eigenvalue weighted by Gasteiger charge is -2.38. The van der Waals surface area contributed by atoms with Gasteiger partial charge in [0.15, 0.2) is 0 Å². The van der Waals surface area contributed by atoms with E-state index in [9.17, 15) is 9.59 Å². The van der Waals surface area contributed by atoms with Crippen molar-refractivity contribution in [3.63, 3.8) is 0 Å². The number of likely N-dealkylation sites (tertiary alicyclic amines) is 2. The molecule has 23 heavy (non-hydrogen) atoms. The molecule has 7 heteroatoms. The van der Waals surface area contributed by atoms with E-state index in [0.29, 0.717) is 29.7 Å². The molecule has 1 aromatic heterocycles. The SMILES string of the molecule is NC(=O)C1CCCN1C1CCN(C(=O)c2ccncc2Cl)CC1. The molecule has 2 fully saturated rings. The number of halogens is 1. The van der Waals surface area contributed by atoms with Crippen LogP contribution in [0.3, 0.4) is 0 Å². The van der Waals surface area contributed by atoms with E-state index in [1.165, 1.54) is 6.20 Å². The van der Waals surface area contributed by atoms with Crippen LogP contribution in [-0.2, 0) is 4.79 Å². The lowest BCUT2D eigenvalue weighted by Crippen LogP contribution is -2.51. The average Bonchev–Trinajstić information content (AvgIpc) is 3.05. The fourth-order valence-electron chi connectivity index (χ4n) is 3.65. The van der Waals surface area contributed by atoms with Gasteiger partial charge in [-0.1, -0.05) is 11.6 Å². The van der Waals surface area contributed by atoms with Crippen LogP contribution in [0.1, 0.15) is 36.0 Å². The molecular weight excluding hydrogens is 316 g/mol. The van der Waals surface area contributed by atoms with Gasteiger partial charge in [-0.05, 0) is 38.3 Å². The molecule has 2 saturated heterocycles. The van der Waals surface area contributed by atoms with Crippen molar-refractivity contribution in [2.24, 2.45) is 5.73 Å². The number of amides is 2. The van der Waals surface area contributed by atoms with Crippen LogP contribution in [0, 0.1) is 0 Å². The molecule has 2 aliphatic heterocycles. The molecule has 1 atom stereocenters. The maximum Gasteiger partial charge on any atom is 0.255 e. The second kappa shape index (κ2) is 6.84. The quantitative estimate of drug-likeness (QED) is 0.902. The predicted molar refractivity (Wildman–Crippen MR) is 87.1 cm³/mol. The molecule has 2 N–H and O–H groups in total. The Morgan fingerprint density at radius 3 is 2.61 bits per heavy atom. The molecule has 1 unspecified atom stereocenters. The summed E-state index contributed by atoms with van der Waals surface area (Å²) in [5, 5.41) is 0.382. The highest BCUT2D eigenvalue weighted by Gasteiger charge is 2.36. The smallest absolute Gasteiger partial charge is 0.255 e. The molecule has 2 aliphatic rings. The maximum absolute atomic E-state index is 12.5. The van der Waals surface area contributed by atoms with Gasteiger partial charge in [-0.25, -0.2) is 0 Å². The van der Waals surface area contributed by atoms with Crippen LogP contribution < -0.4 is 5.73 Å². The van der Waals surface area contributed by atoms with Crippen molar-refractivity contribution in [1.82, 2.24) is 14.8 Å². The second-order valence-electron chi connectivity index (χ2n) is 6.18. The van der Waals surface area contributed by atoms with Gasteiger partial charge in [-0.15, -0.1) is 0 Å². The fraction of sp³-hybridized carbons (Fsp3) is 0.562. The summed E-state index contributed by atoms with van der Waals surface area (Å²) in [5.74, 6) is -0.284. The van der Waals surface area contributed by atoms with E-state index >= 15 is 0 Å². The molecule has 2 amide bonds. The average molecular weight is 337 g/mol. The number of carbonyl (C=O) groups is 2. The Hall–Kier alpha value is -1.66. The van der Waals surface area contributed by atoms with E-state index in [-0.39, 0.29) is 17.9 Å². The van der Waals surface area contributed by atoms with Crippen molar-refractivity contribution in [3.05, 3.63) is 29.0 Å². The minimum absolute atomic E-state index is 0.0521. The number of piperidine rings is 1. The Bertz CT molecular complexity index is 601. The van der Waals surface area contributed by atoms with E-state index in [1.54, 1.807) is 12.3 Å². The van der Waals surface area contributed by atoms with Crippen molar-refractivity contribution in [2.75, 3.05) is 19.6 Å². The molecule has 0 bridgehead atoms. The van der Waals surface area contributed by atoms with Crippen LogP contribution in [0.4, 0.5) is 0 Å². The first-order valence-electron chi connectivity index (χ1n) is 8.02. The van der Waals surface area contributed by atoms with Crippen molar-refractivity contribution in [3.8, 4) is 0 Å². The van der Waals surface area contributed by atoms with Crippen molar-refractivity contribution in [1.29, 1.82) is 0 Å². The summed E-state index contributed by atoms with van der Waals surface area (Å²) >= 11 is 6.05. The number of nitrogens with two attached hydrogens (primary N) is 1. The molecule has 0 aliphatic carbocycles. The number of hydrogen-bond acceptors (Lipinski definition) is 4. The Balaban J connectivity index is 1.61. The standard InChI is InChI=1S/C16H21ClN4O2/c17-13-10-19-6-3-12(13)16(23)20-8-4-11(5-9-20)21-7-1-2-14(21)15(18)22/h3,6,10-11,14H,1-2,4-5,7-9H2,(H2,18,22). The zero-order chi connectivity index (χ0) is 16.4. The van der Waals surface area contributed by atoms with E-state index in [0.717, 1.165) is 32.2 Å². The first-order chi connectivity index (χ1) is 11.1. The molecule has 0 radical (unpaired) electrons. The molecule has 0 saturated carbocycles. The first kappa shape index (κ1) is 16.2. The van der Waals surface area contributed by atoms with Gasteiger partial charge in [0.2, 0.25) is 5.91 Å². The summed E-state index contributed by atoms with van der Waals surface area (Å²) in [7, 11) is 0. The molecule has 124 valence electrons. The molecule has 0 spiro atoms. The van der Waals surface area contributed by atoms with Crippen LogP contribution in [0.25, 0.3) is 0 Å². The lowest BCUT2D eigenvalue weighted by atomic mass is 10.0. The highest BCUT2D eigenvalue weighted by molar-refractivity contribution is 6.33. The Kier molecular flexibility index (Phi) is 4.82. The van der Waals surface area contributed by atoms with Crippen LogP contribution in [0.15, 0.2) is 18.5 Å². The van der Waals surface area contributed by atoms with Gasteiger partial charge >= 0.3 is 0 Å². The van der Waals surface area contributed by atoms with Crippen LogP contribution in [-0.4, -0.2) is 58.3 Å². The Morgan fingerprint density at radius 2 is 1.96 bits per heavy atom. The molecule has 1 aromatic rings. The molecule has 0 aromatic carbocycles. The third-order valence-electron chi connectivity index (χ3n) is 4.85. The highest BCUT2D eigenvalue weighted by atomic mass is 35.5. The van der Waals surface area contributed by atoms with Crippen molar-refractivity contribution in [2.45, 2.75) is 37.8 Å². The second-order valence-corrected chi connectivity index (χ2v) is 6.58. The maximum atomic E-state index is 12.5. The van der Waals surface area contributed by atoms with E-state index in [2.05, 4.69) is 9.88 Å². The van der Waals surface area contributed by atoms with Gasteiger partial charge in [0, 0.05) is 31.5 Å². The number of rotatable bonds is 3. The van der Waals surface area contributed by atoms with Crippen LogP contribution in [0.2, 0.25) is 5.02 Å². The van der Waals surface area contributed by atoms with Gasteiger partial charge in [0.05, 0.1) is 16.6 Å². The van der Waals surface area contributed by atoms with Crippen molar-refractivity contribution < 1.29 is 9.59 Å². The Morgan fingerprint density at radius 1 is 1.22 bits per heavy atom. The van der Waals surface area contributed by atoms with Gasteiger partial charge in [0.25, 0.3) is 5.91 Å². The monoisotopic (exact) mass is 336 g/mol. The number of nitrogens with zero attached hydrogens (tertiary/aromatic N) is 3.